The van der Waals surface area contributed by atoms with Gasteiger partial charge in [0, 0.05) is 35.1 Å². The Morgan fingerprint density at radius 1 is 0.956 bits per heavy atom. The lowest BCUT2D eigenvalue weighted by Gasteiger charge is -2.34. The lowest BCUT2D eigenvalue weighted by Crippen LogP contribution is -2.43. The highest BCUT2D eigenvalue weighted by atomic mass is 35.5. The number of carbonyl (C=O) groups is 1. The van der Waals surface area contributed by atoms with Crippen molar-refractivity contribution in [3.05, 3.63) is 88.6 Å². The van der Waals surface area contributed by atoms with Gasteiger partial charge in [0.2, 0.25) is 10.0 Å². The van der Waals surface area contributed by atoms with Crippen molar-refractivity contribution in [2.45, 2.75) is 75.3 Å². The number of ether oxygens (including phenoxy) is 1. The van der Waals surface area contributed by atoms with Crippen LogP contribution in [0.3, 0.4) is 0 Å². The second kappa shape index (κ2) is 13.5. The van der Waals surface area contributed by atoms with E-state index in [1.54, 1.807) is 10.6 Å². The summed E-state index contributed by atoms with van der Waals surface area (Å²) in [6.45, 7) is 7.02. The zero-order chi connectivity index (χ0) is 32.4. The number of benzene rings is 3. The quantitative estimate of drug-likeness (QED) is 0.183. The molecule has 1 aliphatic heterocycles. The van der Waals surface area contributed by atoms with Crippen molar-refractivity contribution < 1.29 is 26.4 Å². The molecule has 0 unspecified atom stereocenters. The summed E-state index contributed by atoms with van der Waals surface area (Å²) >= 11 is 6.26. The highest BCUT2D eigenvalue weighted by Gasteiger charge is 2.33. The van der Waals surface area contributed by atoms with Crippen LogP contribution < -0.4 is 9.46 Å². The summed E-state index contributed by atoms with van der Waals surface area (Å²) in [6.07, 6.45) is 3.85. The van der Waals surface area contributed by atoms with Crippen LogP contribution in [0.4, 0.5) is 0 Å². The molecule has 0 spiro atoms. The van der Waals surface area contributed by atoms with E-state index < -0.39 is 26.0 Å². The van der Waals surface area contributed by atoms with Gasteiger partial charge in [-0.1, -0.05) is 43.1 Å². The molecule has 1 amide bonds. The van der Waals surface area contributed by atoms with Crippen LogP contribution in [0.5, 0.6) is 5.75 Å². The minimum absolute atomic E-state index is 0.0272. The monoisotopic (exact) mass is 671 g/mol. The van der Waals surface area contributed by atoms with Crippen LogP contribution in [-0.4, -0.2) is 50.8 Å². The molecule has 0 radical (unpaired) electrons. The van der Waals surface area contributed by atoms with Crippen LogP contribution in [0.2, 0.25) is 5.02 Å². The van der Waals surface area contributed by atoms with E-state index >= 15 is 0 Å². The number of fused-ring (bicyclic) bond motifs is 1. The number of piperidine rings is 1. The minimum Gasteiger partial charge on any atom is -0.494 e. The average molecular weight is 672 g/mol. The van der Waals surface area contributed by atoms with E-state index in [-0.39, 0.29) is 21.5 Å². The second-order valence-corrected chi connectivity index (χ2v) is 15.3. The van der Waals surface area contributed by atoms with Crippen molar-refractivity contribution in [1.29, 1.82) is 0 Å². The highest BCUT2D eigenvalue weighted by molar-refractivity contribution is 7.90. The highest BCUT2D eigenvalue weighted by Crippen LogP contribution is 2.29. The zero-order valence-corrected chi connectivity index (χ0v) is 28.0. The van der Waals surface area contributed by atoms with Crippen LogP contribution in [0, 0.1) is 13.8 Å². The first-order chi connectivity index (χ1) is 21.4. The summed E-state index contributed by atoms with van der Waals surface area (Å²) in [6, 6.07) is 17.8. The molecule has 0 bridgehead atoms. The summed E-state index contributed by atoms with van der Waals surface area (Å²) in [5, 5.41) is 1.50. The molecule has 2 heterocycles. The Bertz CT molecular complexity index is 1900. The molecule has 1 aliphatic rings. The van der Waals surface area contributed by atoms with Crippen LogP contribution >= 0.6 is 11.6 Å². The molecule has 45 heavy (non-hydrogen) atoms. The number of aromatic nitrogens is 1. The van der Waals surface area contributed by atoms with Gasteiger partial charge in [-0.3, -0.25) is 4.79 Å². The number of aryl methyl sites for hydroxylation is 3. The third-order valence-electron chi connectivity index (χ3n) is 8.26. The SMILES string of the molecule is CC[C@H]1CCCCN1S(=O)(=O)c1ccc(S(=O)(=O)NC(=O)c2cc3ccccc3n2CCCOc2cc(C)c(Cl)c(C)c2)cc1. The van der Waals surface area contributed by atoms with E-state index in [4.69, 9.17) is 16.3 Å². The topological polar surface area (TPSA) is 115 Å². The first-order valence-electron chi connectivity index (χ1n) is 15.1. The molecule has 0 saturated carbocycles. The summed E-state index contributed by atoms with van der Waals surface area (Å²) in [5.41, 5.74) is 2.82. The van der Waals surface area contributed by atoms with Crippen molar-refractivity contribution in [2.24, 2.45) is 0 Å². The van der Waals surface area contributed by atoms with E-state index in [0.717, 1.165) is 41.3 Å². The number of rotatable bonds is 11. The van der Waals surface area contributed by atoms with Gasteiger partial charge in [0.1, 0.15) is 11.4 Å². The summed E-state index contributed by atoms with van der Waals surface area (Å²) in [4.78, 5) is 13.3. The van der Waals surface area contributed by atoms with Crippen molar-refractivity contribution in [3.8, 4) is 5.75 Å². The number of nitrogens with one attached hydrogen (secondary N) is 1. The number of amides is 1. The number of carbonyl (C=O) groups excluding carboxylic acids is 1. The molecule has 1 N–H and O–H groups in total. The first-order valence-corrected chi connectivity index (χ1v) is 18.4. The Kier molecular flexibility index (Phi) is 9.93. The lowest BCUT2D eigenvalue weighted by molar-refractivity contribution is 0.0972. The Hall–Kier alpha value is -3.38. The molecule has 3 aromatic carbocycles. The third-order valence-corrected chi connectivity index (χ3v) is 12.2. The van der Waals surface area contributed by atoms with Crippen molar-refractivity contribution in [2.75, 3.05) is 13.2 Å². The molecule has 5 rings (SSSR count). The average Bonchev–Trinajstić information content (AvgIpc) is 3.40. The predicted molar refractivity (Wildman–Crippen MR) is 176 cm³/mol. The number of halogens is 1. The van der Waals surface area contributed by atoms with Gasteiger partial charge >= 0.3 is 0 Å². The van der Waals surface area contributed by atoms with Gasteiger partial charge < -0.3 is 9.30 Å². The van der Waals surface area contributed by atoms with Gasteiger partial charge in [-0.05, 0) is 99.2 Å². The molecule has 1 atom stereocenters. The lowest BCUT2D eigenvalue weighted by atomic mass is 10.0. The normalized spacial score (nSPS) is 16.1. The fourth-order valence-corrected chi connectivity index (χ4v) is 8.74. The molecule has 1 fully saturated rings. The van der Waals surface area contributed by atoms with E-state index in [0.29, 0.717) is 43.3 Å². The molecular weight excluding hydrogens is 634 g/mol. The molecule has 9 nitrogen and oxygen atoms in total. The summed E-state index contributed by atoms with van der Waals surface area (Å²) < 4.78 is 64.6. The summed E-state index contributed by atoms with van der Waals surface area (Å²) in [7, 11) is -8.07. The smallest absolute Gasteiger partial charge is 0.281 e. The number of sulfonamides is 2. The van der Waals surface area contributed by atoms with Gasteiger partial charge in [0.25, 0.3) is 15.9 Å². The molecule has 1 aromatic heterocycles. The Labute approximate surface area is 270 Å². The fourth-order valence-electron chi connectivity index (χ4n) is 5.90. The van der Waals surface area contributed by atoms with E-state index in [9.17, 15) is 21.6 Å². The maximum absolute atomic E-state index is 13.4. The van der Waals surface area contributed by atoms with Crippen LogP contribution in [-0.2, 0) is 26.6 Å². The van der Waals surface area contributed by atoms with Crippen LogP contribution in [0.1, 0.15) is 60.6 Å². The van der Waals surface area contributed by atoms with Crippen molar-refractivity contribution >= 4 is 48.5 Å². The molecular formula is C33H38ClN3O6S2. The van der Waals surface area contributed by atoms with Gasteiger partial charge in [0.15, 0.2) is 0 Å². The molecule has 0 aliphatic carbocycles. The largest absolute Gasteiger partial charge is 0.494 e. The fraction of sp³-hybridized carbons (Fsp3) is 0.364. The van der Waals surface area contributed by atoms with E-state index in [2.05, 4.69) is 4.72 Å². The number of hydrogen-bond donors (Lipinski definition) is 1. The minimum atomic E-state index is -4.29. The number of para-hydroxylation sites is 1. The second-order valence-electron chi connectivity index (χ2n) is 11.4. The Morgan fingerprint density at radius 2 is 1.62 bits per heavy atom. The van der Waals surface area contributed by atoms with Gasteiger partial charge in [-0.15, -0.1) is 0 Å². The first kappa shape index (κ1) is 33.0. The maximum atomic E-state index is 13.4. The van der Waals surface area contributed by atoms with Gasteiger partial charge in [0.05, 0.1) is 16.4 Å². The third kappa shape index (κ3) is 7.06. The van der Waals surface area contributed by atoms with Crippen LogP contribution in [0.15, 0.2) is 76.5 Å². The zero-order valence-electron chi connectivity index (χ0n) is 25.6. The van der Waals surface area contributed by atoms with E-state index in [1.165, 1.54) is 28.6 Å². The maximum Gasteiger partial charge on any atom is 0.281 e. The van der Waals surface area contributed by atoms with E-state index in [1.807, 2.05) is 57.2 Å². The van der Waals surface area contributed by atoms with Crippen LogP contribution in [0.25, 0.3) is 10.9 Å². The van der Waals surface area contributed by atoms with Crippen molar-refractivity contribution in [3.63, 3.8) is 0 Å². The number of nitrogens with zero attached hydrogens (tertiary/aromatic N) is 2. The standard InChI is InChI=1S/C33H38ClN3O6S2/c1-4-26-11-7-8-18-37(26)45(41,42)29-15-13-28(14-16-29)44(39,40)35-33(38)31-22-25-10-5-6-12-30(25)36(31)17-9-19-43-27-20-23(2)32(34)24(3)21-27/h5-6,10,12-16,20-22,26H,4,7-9,11,17-19H2,1-3H3,(H,35,38)/t26-/m0/s1. The molecule has 240 valence electrons. The Morgan fingerprint density at radius 3 is 2.31 bits per heavy atom. The van der Waals surface area contributed by atoms with Gasteiger partial charge in [-0.2, -0.15) is 4.31 Å². The molecule has 12 heteroatoms. The molecule has 1 saturated heterocycles. The predicted octanol–water partition coefficient (Wildman–Crippen LogP) is 6.45. The number of hydrogen-bond acceptors (Lipinski definition) is 6. The van der Waals surface area contributed by atoms with Crippen molar-refractivity contribution in [1.82, 2.24) is 13.6 Å². The Balaban J connectivity index is 1.31. The summed E-state index contributed by atoms with van der Waals surface area (Å²) in [5.74, 6) is -0.0809. The molecule has 4 aromatic rings. The van der Waals surface area contributed by atoms with Gasteiger partial charge in [-0.25, -0.2) is 21.6 Å².